The van der Waals surface area contributed by atoms with Crippen molar-refractivity contribution in [3.63, 3.8) is 0 Å². The third kappa shape index (κ3) is 3.75. The molecule has 194 valence electrons. The van der Waals surface area contributed by atoms with Crippen LogP contribution in [0.1, 0.15) is 24.0 Å². The Bertz CT molecular complexity index is 2020. The van der Waals surface area contributed by atoms with Gasteiger partial charge in [0.2, 0.25) is 0 Å². The molecule has 0 saturated heterocycles. The summed E-state index contributed by atoms with van der Waals surface area (Å²) < 4.78 is 0. The lowest BCUT2D eigenvalue weighted by Crippen LogP contribution is -2.10. The Kier molecular flexibility index (Phi) is 5.60. The van der Waals surface area contributed by atoms with Crippen molar-refractivity contribution in [2.45, 2.75) is 19.3 Å². The van der Waals surface area contributed by atoms with Crippen LogP contribution in [0.5, 0.6) is 0 Å². The summed E-state index contributed by atoms with van der Waals surface area (Å²) in [5.41, 5.74) is 13.5. The second kappa shape index (κ2) is 9.61. The van der Waals surface area contributed by atoms with Crippen LogP contribution in [-0.2, 0) is 6.42 Å². The zero-order chi connectivity index (χ0) is 27.3. The Labute approximate surface area is 241 Å². The van der Waals surface area contributed by atoms with Crippen LogP contribution < -0.4 is 0 Å². The van der Waals surface area contributed by atoms with E-state index in [0.717, 1.165) is 6.42 Å². The Morgan fingerprint density at radius 1 is 0.390 bits per heavy atom. The van der Waals surface area contributed by atoms with E-state index in [9.17, 15) is 0 Å². The van der Waals surface area contributed by atoms with Crippen molar-refractivity contribution in [3.05, 3.63) is 157 Å². The zero-order valence-electron chi connectivity index (χ0n) is 23.1. The SMILES string of the molecule is CC1Cc2ccccc2-c2cccc(-c3c4ccccc4c(-c4ccccc4-c4ccccc4)c4ccccc34)c21. The minimum atomic E-state index is 0.437. The van der Waals surface area contributed by atoms with Crippen molar-refractivity contribution in [3.8, 4) is 44.5 Å². The predicted octanol–water partition coefficient (Wildman–Crippen LogP) is 11.3. The lowest BCUT2D eigenvalue weighted by Gasteiger charge is -2.29. The third-order valence-electron chi connectivity index (χ3n) is 8.91. The summed E-state index contributed by atoms with van der Waals surface area (Å²) in [6.45, 7) is 2.40. The first-order chi connectivity index (χ1) is 20.3. The number of hydrogen-bond donors (Lipinski definition) is 0. The zero-order valence-corrected chi connectivity index (χ0v) is 23.1. The van der Waals surface area contributed by atoms with Gasteiger partial charge in [0.1, 0.15) is 0 Å². The van der Waals surface area contributed by atoms with E-state index in [4.69, 9.17) is 0 Å². The summed E-state index contributed by atoms with van der Waals surface area (Å²) in [5.74, 6) is 0.437. The second-order valence-electron chi connectivity index (χ2n) is 11.3. The van der Waals surface area contributed by atoms with E-state index in [-0.39, 0.29) is 0 Å². The molecule has 0 amide bonds. The van der Waals surface area contributed by atoms with Gasteiger partial charge in [0.05, 0.1) is 0 Å². The fraction of sp³-hybridized carbons (Fsp3) is 0.0732. The maximum absolute atomic E-state index is 2.40. The highest BCUT2D eigenvalue weighted by Crippen LogP contribution is 2.50. The lowest BCUT2D eigenvalue weighted by molar-refractivity contribution is 0.751. The highest BCUT2D eigenvalue weighted by molar-refractivity contribution is 6.22. The fourth-order valence-corrected chi connectivity index (χ4v) is 7.22. The van der Waals surface area contributed by atoms with Crippen molar-refractivity contribution in [2.24, 2.45) is 0 Å². The van der Waals surface area contributed by atoms with E-state index in [1.807, 2.05) is 0 Å². The number of benzene rings is 7. The molecule has 1 atom stereocenters. The lowest BCUT2D eigenvalue weighted by atomic mass is 9.75. The van der Waals surface area contributed by atoms with Crippen LogP contribution in [0.3, 0.4) is 0 Å². The van der Waals surface area contributed by atoms with Crippen LogP contribution in [0.15, 0.2) is 146 Å². The molecule has 0 nitrogen and oxygen atoms in total. The van der Waals surface area contributed by atoms with Gasteiger partial charge in [-0.25, -0.2) is 0 Å². The van der Waals surface area contributed by atoms with E-state index < -0.39 is 0 Å². The maximum atomic E-state index is 2.40. The predicted molar refractivity (Wildman–Crippen MR) is 175 cm³/mol. The molecule has 0 radical (unpaired) electrons. The van der Waals surface area contributed by atoms with Gasteiger partial charge in [0, 0.05) is 0 Å². The molecule has 8 rings (SSSR count). The van der Waals surface area contributed by atoms with Crippen molar-refractivity contribution < 1.29 is 0 Å². The molecule has 7 aromatic carbocycles. The van der Waals surface area contributed by atoms with Crippen LogP contribution in [0.2, 0.25) is 0 Å². The van der Waals surface area contributed by atoms with Crippen molar-refractivity contribution in [1.82, 2.24) is 0 Å². The topological polar surface area (TPSA) is 0 Å². The molecule has 7 aromatic rings. The maximum Gasteiger partial charge on any atom is -0.00201 e. The van der Waals surface area contributed by atoms with Crippen LogP contribution in [0, 0.1) is 0 Å². The summed E-state index contributed by atoms with van der Waals surface area (Å²) in [5, 5.41) is 5.21. The Balaban J connectivity index is 1.49. The van der Waals surface area contributed by atoms with E-state index in [1.54, 1.807) is 0 Å². The van der Waals surface area contributed by atoms with Gasteiger partial charge in [-0.2, -0.15) is 0 Å². The quantitative estimate of drug-likeness (QED) is 0.202. The van der Waals surface area contributed by atoms with Gasteiger partial charge in [-0.05, 0) is 89.5 Å². The van der Waals surface area contributed by atoms with Gasteiger partial charge in [0.15, 0.2) is 0 Å². The molecule has 41 heavy (non-hydrogen) atoms. The molecule has 0 bridgehead atoms. The highest BCUT2D eigenvalue weighted by atomic mass is 14.3. The summed E-state index contributed by atoms with van der Waals surface area (Å²) in [6.07, 6.45) is 1.07. The van der Waals surface area contributed by atoms with E-state index in [1.165, 1.54) is 77.2 Å². The molecule has 0 heteroatoms. The molecule has 1 aliphatic carbocycles. The molecule has 0 aliphatic heterocycles. The smallest absolute Gasteiger partial charge is 0.00201 e. The molecule has 0 N–H and O–H groups in total. The molecular weight excluding hydrogens is 492 g/mol. The molecule has 0 heterocycles. The van der Waals surface area contributed by atoms with Gasteiger partial charge in [0.25, 0.3) is 0 Å². The number of fused-ring (bicyclic) bond motifs is 5. The van der Waals surface area contributed by atoms with E-state index >= 15 is 0 Å². The monoisotopic (exact) mass is 522 g/mol. The summed E-state index contributed by atoms with van der Waals surface area (Å²) in [7, 11) is 0. The minimum Gasteiger partial charge on any atom is -0.0622 e. The Hall–Kier alpha value is -4.94. The third-order valence-corrected chi connectivity index (χ3v) is 8.91. The highest BCUT2D eigenvalue weighted by Gasteiger charge is 2.27. The first-order valence-corrected chi connectivity index (χ1v) is 14.6. The number of rotatable bonds is 3. The molecule has 0 saturated carbocycles. The van der Waals surface area contributed by atoms with Crippen molar-refractivity contribution in [2.75, 3.05) is 0 Å². The standard InChI is InChI=1S/C41H30/c1-27-26-29-16-5-6-18-31(29)32-24-13-25-38(39(27)32)41-36-22-11-9-20-34(36)40(35-21-10-12-23-37(35)41)33-19-8-7-17-30(33)28-14-3-2-4-15-28/h2-25,27H,26H2,1H3. The normalized spacial score (nSPS) is 14.1. The van der Waals surface area contributed by atoms with Gasteiger partial charge < -0.3 is 0 Å². The fourth-order valence-electron chi connectivity index (χ4n) is 7.22. The summed E-state index contributed by atoms with van der Waals surface area (Å²) in [6, 6.07) is 53.6. The first kappa shape index (κ1) is 23.9. The first-order valence-electron chi connectivity index (χ1n) is 14.6. The molecular formula is C41H30. The van der Waals surface area contributed by atoms with Gasteiger partial charge >= 0.3 is 0 Å². The Morgan fingerprint density at radius 3 is 1.51 bits per heavy atom. The largest absolute Gasteiger partial charge is 0.0622 e. The van der Waals surface area contributed by atoms with E-state index in [2.05, 4.69) is 153 Å². The molecule has 1 aliphatic rings. The molecule has 0 aromatic heterocycles. The Morgan fingerprint density at radius 2 is 0.854 bits per heavy atom. The average Bonchev–Trinajstić information content (AvgIpc) is 3.04. The number of hydrogen-bond acceptors (Lipinski definition) is 0. The summed E-state index contributed by atoms with van der Waals surface area (Å²) in [4.78, 5) is 0. The van der Waals surface area contributed by atoms with E-state index in [0.29, 0.717) is 5.92 Å². The van der Waals surface area contributed by atoms with Gasteiger partial charge in [-0.1, -0.05) is 153 Å². The van der Waals surface area contributed by atoms with Gasteiger partial charge in [-0.15, -0.1) is 0 Å². The van der Waals surface area contributed by atoms with Crippen molar-refractivity contribution in [1.29, 1.82) is 0 Å². The average molecular weight is 523 g/mol. The van der Waals surface area contributed by atoms with Crippen LogP contribution in [0.4, 0.5) is 0 Å². The van der Waals surface area contributed by atoms with Gasteiger partial charge in [-0.3, -0.25) is 0 Å². The summed E-state index contributed by atoms with van der Waals surface area (Å²) >= 11 is 0. The second-order valence-corrected chi connectivity index (χ2v) is 11.3. The van der Waals surface area contributed by atoms with Crippen LogP contribution in [0.25, 0.3) is 66.1 Å². The minimum absolute atomic E-state index is 0.437. The molecule has 0 spiro atoms. The molecule has 0 fully saturated rings. The van der Waals surface area contributed by atoms with Crippen LogP contribution in [-0.4, -0.2) is 0 Å². The van der Waals surface area contributed by atoms with Crippen molar-refractivity contribution >= 4 is 21.5 Å². The van der Waals surface area contributed by atoms with Crippen LogP contribution >= 0.6 is 0 Å². The molecule has 1 unspecified atom stereocenters.